The van der Waals surface area contributed by atoms with Crippen LogP contribution < -0.4 is 5.73 Å². The Labute approximate surface area is 154 Å². The maximum Gasteiger partial charge on any atom is 0.490 e. The SMILES string of the molecule is NCc1ccc(CN2CC(N3CCOCC3)C2)cc1F.O=C(O)C(F)(F)F. The van der Waals surface area contributed by atoms with Crippen molar-refractivity contribution in [3.05, 3.63) is 35.1 Å². The number of aliphatic carboxylic acids is 1. The van der Waals surface area contributed by atoms with E-state index in [-0.39, 0.29) is 12.4 Å². The highest BCUT2D eigenvalue weighted by atomic mass is 19.4. The summed E-state index contributed by atoms with van der Waals surface area (Å²) in [5.41, 5.74) is 7.09. The maximum atomic E-state index is 13.7. The van der Waals surface area contributed by atoms with Crippen molar-refractivity contribution in [2.24, 2.45) is 5.73 Å². The van der Waals surface area contributed by atoms with Gasteiger partial charge in [-0.2, -0.15) is 13.2 Å². The van der Waals surface area contributed by atoms with E-state index in [0.717, 1.165) is 51.5 Å². The Bertz CT molecular complexity index is 630. The van der Waals surface area contributed by atoms with E-state index in [1.807, 2.05) is 6.07 Å². The zero-order chi connectivity index (χ0) is 20.0. The minimum absolute atomic E-state index is 0.185. The molecule has 0 unspecified atom stereocenters. The van der Waals surface area contributed by atoms with E-state index in [1.54, 1.807) is 12.1 Å². The normalized spacial score (nSPS) is 19.1. The molecule has 0 aliphatic carbocycles. The van der Waals surface area contributed by atoms with Crippen molar-refractivity contribution in [3.63, 3.8) is 0 Å². The lowest BCUT2D eigenvalue weighted by atomic mass is 10.0. The van der Waals surface area contributed by atoms with E-state index in [2.05, 4.69) is 9.80 Å². The fraction of sp³-hybridized carbons (Fsp3) is 0.588. The minimum Gasteiger partial charge on any atom is -0.475 e. The molecule has 2 aliphatic heterocycles. The maximum absolute atomic E-state index is 13.7. The number of carbonyl (C=O) groups is 1. The zero-order valence-corrected chi connectivity index (χ0v) is 14.7. The molecule has 152 valence electrons. The predicted octanol–water partition coefficient (Wildman–Crippen LogP) is 1.43. The predicted molar refractivity (Wildman–Crippen MR) is 89.4 cm³/mol. The first-order valence-electron chi connectivity index (χ1n) is 8.52. The van der Waals surface area contributed by atoms with Crippen LogP contribution in [0.2, 0.25) is 0 Å². The summed E-state index contributed by atoms with van der Waals surface area (Å²) in [5, 5.41) is 7.12. The van der Waals surface area contributed by atoms with Gasteiger partial charge < -0.3 is 15.6 Å². The van der Waals surface area contributed by atoms with E-state index in [1.165, 1.54) is 0 Å². The molecule has 10 heteroatoms. The molecule has 0 radical (unpaired) electrons. The number of ether oxygens (including phenoxy) is 1. The summed E-state index contributed by atoms with van der Waals surface area (Å²) in [6, 6.07) is 6.04. The number of carboxylic acid groups (broad SMARTS) is 1. The van der Waals surface area contributed by atoms with Gasteiger partial charge in [0.1, 0.15) is 5.82 Å². The van der Waals surface area contributed by atoms with Crippen LogP contribution in [0.15, 0.2) is 18.2 Å². The Morgan fingerprint density at radius 3 is 2.33 bits per heavy atom. The van der Waals surface area contributed by atoms with Gasteiger partial charge in [0, 0.05) is 50.9 Å². The Hall–Kier alpha value is -1.75. The monoisotopic (exact) mass is 393 g/mol. The summed E-state index contributed by atoms with van der Waals surface area (Å²) >= 11 is 0. The molecule has 2 fully saturated rings. The Morgan fingerprint density at radius 2 is 1.85 bits per heavy atom. The lowest BCUT2D eigenvalue weighted by Gasteiger charge is -2.46. The topological polar surface area (TPSA) is 79.0 Å². The number of benzene rings is 1. The number of hydrogen-bond donors (Lipinski definition) is 2. The molecule has 3 N–H and O–H groups in total. The second-order valence-corrected chi connectivity index (χ2v) is 6.43. The second kappa shape index (κ2) is 9.45. The van der Waals surface area contributed by atoms with Gasteiger partial charge in [-0.1, -0.05) is 12.1 Å². The third kappa shape index (κ3) is 6.42. The third-order valence-electron chi connectivity index (χ3n) is 4.49. The summed E-state index contributed by atoms with van der Waals surface area (Å²) in [5.74, 6) is -2.94. The first kappa shape index (κ1) is 21.5. The molecule has 0 aromatic heterocycles. The molecule has 0 atom stereocenters. The summed E-state index contributed by atoms with van der Waals surface area (Å²) in [4.78, 5) is 13.8. The van der Waals surface area contributed by atoms with E-state index in [0.29, 0.717) is 11.6 Å². The molecule has 2 heterocycles. The molecular weight excluding hydrogens is 370 g/mol. The van der Waals surface area contributed by atoms with Gasteiger partial charge in [0.15, 0.2) is 0 Å². The number of rotatable bonds is 4. The largest absolute Gasteiger partial charge is 0.490 e. The van der Waals surface area contributed by atoms with Crippen LogP contribution in [0.4, 0.5) is 17.6 Å². The van der Waals surface area contributed by atoms with Gasteiger partial charge in [0.05, 0.1) is 13.2 Å². The molecule has 0 saturated carbocycles. The van der Waals surface area contributed by atoms with E-state index < -0.39 is 12.1 Å². The second-order valence-electron chi connectivity index (χ2n) is 6.43. The molecule has 0 amide bonds. The van der Waals surface area contributed by atoms with Crippen LogP contribution in [-0.2, 0) is 22.6 Å². The van der Waals surface area contributed by atoms with Crippen LogP contribution >= 0.6 is 0 Å². The number of nitrogens with zero attached hydrogens (tertiary/aromatic N) is 2. The summed E-state index contributed by atoms with van der Waals surface area (Å²) in [7, 11) is 0. The average Bonchev–Trinajstić information content (AvgIpc) is 2.58. The van der Waals surface area contributed by atoms with E-state index >= 15 is 0 Å². The van der Waals surface area contributed by atoms with Crippen LogP contribution in [-0.4, -0.2) is 72.5 Å². The molecule has 0 bridgehead atoms. The van der Waals surface area contributed by atoms with Crippen molar-refractivity contribution in [1.82, 2.24) is 9.80 Å². The molecule has 2 saturated heterocycles. The van der Waals surface area contributed by atoms with Crippen molar-refractivity contribution >= 4 is 5.97 Å². The number of likely N-dealkylation sites (tertiary alicyclic amines) is 1. The van der Waals surface area contributed by atoms with Crippen molar-refractivity contribution in [2.75, 3.05) is 39.4 Å². The van der Waals surface area contributed by atoms with Crippen LogP contribution in [0.3, 0.4) is 0 Å². The molecule has 2 aliphatic rings. The highest BCUT2D eigenvalue weighted by Crippen LogP contribution is 2.20. The average molecular weight is 393 g/mol. The minimum atomic E-state index is -5.08. The highest BCUT2D eigenvalue weighted by molar-refractivity contribution is 5.73. The molecule has 6 nitrogen and oxygen atoms in total. The van der Waals surface area contributed by atoms with Crippen LogP contribution in [0.1, 0.15) is 11.1 Å². The summed E-state index contributed by atoms with van der Waals surface area (Å²) in [6.07, 6.45) is -5.08. The van der Waals surface area contributed by atoms with Gasteiger partial charge in [-0.05, 0) is 11.6 Å². The number of carboxylic acids is 1. The van der Waals surface area contributed by atoms with E-state index in [4.69, 9.17) is 20.4 Å². The number of morpholine rings is 1. The Kier molecular flexibility index (Phi) is 7.54. The first-order chi connectivity index (χ1) is 12.7. The lowest BCUT2D eigenvalue weighted by Crippen LogP contribution is -2.60. The fourth-order valence-electron chi connectivity index (χ4n) is 2.96. The smallest absolute Gasteiger partial charge is 0.475 e. The molecule has 1 aromatic carbocycles. The first-order valence-corrected chi connectivity index (χ1v) is 8.52. The van der Waals surface area contributed by atoms with Crippen LogP contribution in [0.5, 0.6) is 0 Å². The van der Waals surface area contributed by atoms with Crippen molar-refractivity contribution in [2.45, 2.75) is 25.3 Å². The van der Waals surface area contributed by atoms with Gasteiger partial charge in [-0.15, -0.1) is 0 Å². The third-order valence-corrected chi connectivity index (χ3v) is 4.49. The standard InChI is InChI=1S/C15H22FN3O.C2HF3O2/c16-15-7-12(1-2-13(15)8-17)9-18-10-14(11-18)19-3-5-20-6-4-19;3-2(4,5)1(6)7/h1-2,7,14H,3-6,8-11,17H2;(H,6,7). The molecule has 27 heavy (non-hydrogen) atoms. The Balaban J connectivity index is 0.000000321. The van der Waals surface area contributed by atoms with Crippen molar-refractivity contribution in [1.29, 1.82) is 0 Å². The van der Waals surface area contributed by atoms with Crippen molar-refractivity contribution < 1.29 is 32.2 Å². The summed E-state index contributed by atoms with van der Waals surface area (Å²) in [6.45, 7) is 7.00. The molecule has 1 aromatic rings. The van der Waals surface area contributed by atoms with Gasteiger partial charge in [0.25, 0.3) is 0 Å². The van der Waals surface area contributed by atoms with Gasteiger partial charge in [0.2, 0.25) is 0 Å². The van der Waals surface area contributed by atoms with Gasteiger partial charge in [-0.25, -0.2) is 9.18 Å². The van der Waals surface area contributed by atoms with Crippen molar-refractivity contribution in [3.8, 4) is 0 Å². The number of alkyl halides is 3. The zero-order valence-electron chi connectivity index (χ0n) is 14.7. The summed E-state index contributed by atoms with van der Waals surface area (Å²) < 4.78 is 50.8. The number of hydrogen-bond acceptors (Lipinski definition) is 5. The van der Waals surface area contributed by atoms with Gasteiger partial charge in [-0.3, -0.25) is 9.80 Å². The lowest BCUT2D eigenvalue weighted by molar-refractivity contribution is -0.192. The quantitative estimate of drug-likeness (QED) is 0.754. The highest BCUT2D eigenvalue weighted by Gasteiger charge is 2.38. The van der Waals surface area contributed by atoms with Crippen LogP contribution in [0, 0.1) is 5.82 Å². The number of halogens is 4. The number of nitrogens with two attached hydrogens (primary N) is 1. The molecular formula is C17H23F4N3O3. The fourth-order valence-corrected chi connectivity index (χ4v) is 2.96. The van der Waals surface area contributed by atoms with Gasteiger partial charge >= 0.3 is 12.1 Å². The Morgan fingerprint density at radius 1 is 1.26 bits per heavy atom. The molecule has 0 spiro atoms. The van der Waals surface area contributed by atoms with Crippen LogP contribution in [0.25, 0.3) is 0 Å². The molecule has 3 rings (SSSR count). The van der Waals surface area contributed by atoms with E-state index in [9.17, 15) is 17.6 Å².